The van der Waals surface area contributed by atoms with Gasteiger partial charge in [-0.2, -0.15) is 0 Å². The Labute approximate surface area is 157 Å². The highest BCUT2D eigenvalue weighted by Gasteiger charge is 2.30. The number of benzene rings is 2. The molecular formula is C21H20ClNO3. The van der Waals surface area contributed by atoms with Crippen molar-refractivity contribution in [1.29, 1.82) is 0 Å². The van der Waals surface area contributed by atoms with E-state index in [-0.39, 0.29) is 17.7 Å². The molecule has 2 aliphatic rings. The summed E-state index contributed by atoms with van der Waals surface area (Å²) in [5.74, 6) is -0.234. The number of amides is 2. The van der Waals surface area contributed by atoms with Gasteiger partial charge in [0.15, 0.2) is 0 Å². The van der Waals surface area contributed by atoms with Crippen LogP contribution < -0.4 is 5.32 Å². The maximum Gasteiger partial charge on any atom is 0.234 e. The maximum absolute atomic E-state index is 12.2. The SMILES string of the molecule is O=C1CC[C@H](c2cccc(-c3ccc(CC4COC4)cc3)c2Cl)C(=O)N1. The lowest BCUT2D eigenvalue weighted by molar-refractivity contribution is -0.134. The van der Waals surface area contributed by atoms with Crippen LogP contribution in [0.2, 0.25) is 5.02 Å². The second-order valence-electron chi connectivity index (χ2n) is 7.02. The molecule has 134 valence electrons. The van der Waals surface area contributed by atoms with Crippen molar-refractivity contribution in [1.82, 2.24) is 5.32 Å². The zero-order valence-electron chi connectivity index (χ0n) is 14.3. The first kappa shape index (κ1) is 17.3. The van der Waals surface area contributed by atoms with Gasteiger partial charge in [0.05, 0.1) is 24.2 Å². The van der Waals surface area contributed by atoms with E-state index in [0.717, 1.165) is 36.3 Å². The van der Waals surface area contributed by atoms with Gasteiger partial charge in [-0.05, 0) is 29.5 Å². The summed E-state index contributed by atoms with van der Waals surface area (Å²) < 4.78 is 5.23. The minimum Gasteiger partial charge on any atom is -0.381 e. The van der Waals surface area contributed by atoms with Gasteiger partial charge in [0, 0.05) is 17.9 Å². The molecule has 2 heterocycles. The van der Waals surface area contributed by atoms with Crippen molar-refractivity contribution in [3.05, 3.63) is 58.6 Å². The van der Waals surface area contributed by atoms with Crippen LogP contribution >= 0.6 is 11.6 Å². The van der Waals surface area contributed by atoms with Gasteiger partial charge in [-0.15, -0.1) is 0 Å². The fourth-order valence-corrected chi connectivity index (χ4v) is 3.96. The number of halogens is 1. The molecule has 0 saturated carbocycles. The highest BCUT2D eigenvalue weighted by molar-refractivity contribution is 6.34. The topological polar surface area (TPSA) is 55.4 Å². The third kappa shape index (κ3) is 3.39. The number of rotatable bonds is 4. The van der Waals surface area contributed by atoms with Crippen LogP contribution in [0.4, 0.5) is 0 Å². The first-order valence-corrected chi connectivity index (χ1v) is 9.29. The number of imide groups is 1. The van der Waals surface area contributed by atoms with Gasteiger partial charge in [-0.25, -0.2) is 0 Å². The van der Waals surface area contributed by atoms with E-state index in [1.807, 2.05) is 18.2 Å². The van der Waals surface area contributed by atoms with Crippen LogP contribution in [-0.4, -0.2) is 25.0 Å². The van der Waals surface area contributed by atoms with E-state index in [4.69, 9.17) is 16.3 Å². The van der Waals surface area contributed by atoms with Gasteiger partial charge in [-0.1, -0.05) is 54.1 Å². The lowest BCUT2D eigenvalue weighted by Crippen LogP contribution is -2.39. The largest absolute Gasteiger partial charge is 0.381 e. The predicted molar refractivity (Wildman–Crippen MR) is 100 cm³/mol. The third-order valence-corrected chi connectivity index (χ3v) is 5.56. The molecule has 2 aliphatic heterocycles. The second-order valence-corrected chi connectivity index (χ2v) is 7.39. The smallest absolute Gasteiger partial charge is 0.234 e. The maximum atomic E-state index is 12.2. The van der Waals surface area contributed by atoms with Crippen LogP contribution in [0.15, 0.2) is 42.5 Å². The Morgan fingerprint density at radius 2 is 1.85 bits per heavy atom. The molecule has 26 heavy (non-hydrogen) atoms. The van der Waals surface area contributed by atoms with Crippen LogP contribution in [0.3, 0.4) is 0 Å². The van der Waals surface area contributed by atoms with E-state index in [2.05, 4.69) is 29.6 Å². The molecule has 2 amide bonds. The van der Waals surface area contributed by atoms with Crippen LogP contribution in [-0.2, 0) is 20.7 Å². The Morgan fingerprint density at radius 1 is 1.08 bits per heavy atom. The zero-order chi connectivity index (χ0) is 18.1. The molecule has 0 radical (unpaired) electrons. The summed E-state index contributed by atoms with van der Waals surface area (Å²) in [5.41, 5.74) is 4.01. The number of nitrogens with one attached hydrogen (secondary N) is 1. The van der Waals surface area contributed by atoms with E-state index in [0.29, 0.717) is 23.8 Å². The van der Waals surface area contributed by atoms with Gasteiger partial charge >= 0.3 is 0 Å². The summed E-state index contributed by atoms with van der Waals surface area (Å²) in [4.78, 5) is 23.6. The standard InChI is InChI=1S/C21H20ClNO3/c22-20-16(15-6-4-13(5-7-15)10-14-11-26-12-14)2-1-3-17(20)18-8-9-19(24)23-21(18)25/h1-7,14,18H,8-12H2,(H,23,24,25)/t18-/m1/s1. The molecule has 0 aliphatic carbocycles. The number of carbonyl (C=O) groups is 2. The van der Waals surface area contributed by atoms with Crippen LogP contribution in [0, 0.1) is 5.92 Å². The van der Waals surface area contributed by atoms with E-state index in [1.165, 1.54) is 5.56 Å². The van der Waals surface area contributed by atoms with Gasteiger partial charge in [0.2, 0.25) is 11.8 Å². The summed E-state index contributed by atoms with van der Waals surface area (Å²) in [6.45, 7) is 1.70. The van der Waals surface area contributed by atoms with E-state index in [1.54, 1.807) is 0 Å². The van der Waals surface area contributed by atoms with Gasteiger partial charge < -0.3 is 4.74 Å². The summed E-state index contributed by atoms with van der Waals surface area (Å²) in [5, 5.41) is 2.99. The number of hydrogen-bond acceptors (Lipinski definition) is 3. The lowest BCUT2D eigenvalue weighted by atomic mass is 9.88. The van der Waals surface area contributed by atoms with Gasteiger partial charge in [-0.3, -0.25) is 14.9 Å². The van der Waals surface area contributed by atoms with Crippen molar-refractivity contribution in [3.8, 4) is 11.1 Å². The molecule has 0 aromatic heterocycles. The zero-order valence-corrected chi connectivity index (χ0v) is 15.1. The monoisotopic (exact) mass is 369 g/mol. The van der Waals surface area contributed by atoms with Crippen molar-refractivity contribution in [3.63, 3.8) is 0 Å². The first-order chi connectivity index (χ1) is 12.6. The Balaban J connectivity index is 1.59. The molecule has 0 spiro atoms. The van der Waals surface area contributed by atoms with E-state index in [9.17, 15) is 9.59 Å². The summed E-state index contributed by atoms with van der Waals surface area (Å²) in [6.07, 6.45) is 1.87. The van der Waals surface area contributed by atoms with Crippen molar-refractivity contribution in [2.24, 2.45) is 5.92 Å². The summed E-state index contributed by atoms with van der Waals surface area (Å²) in [6, 6.07) is 14.2. The van der Waals surface area contributed by atoms with E-state index < -0.39 is 0 Å². The van der Waals surface area contributed by atoms with Gasteiger partial charge in [0.1, 0.15) is 0 Å². The van der Waals surface area contributed by atoms with Crippen molar-refractivity contribution in [2.45, 2.75) is 25.2 Å². The summed E-state index contributed by atoms with van der Waals surface area (Å²) >= 11 is 6.65. The molecule has 2 fully saturated rings. The van der Waals surface area contributed by atoms with Crippen molar-refractivity contribution in [2.75, 3.05) is 13.2 Å². The Bertz CT molecular complexity index is 843. The molecule has 1 atom stereocenters. The second kappa shape index (κ2) is 7.22. The number of hydrogen-bond donors (Lipinski definition) is 1. The fourth-order valence-electron chi connectivity index (χ4n) is 3.59. The Morgan fingerprint density at radius 3 is 2.50 bits per heavy atom. The molecule has 1 N–H and O–H groups in total. The average molecular weight is 370 g/mol. The number of carbonyl (C=O) groups excluding carboxylic acids is 2. The van der Waals surface area contributed by atoms with Crippen LogP contribution in [0.5, 0.6) is 0 Å². The van der Waals surface area contributed by atoms with E-state index >= 15 is 0 Å². The fraction of sp³-hybridized carbons (Fsp3) is 0.333. The quantitative estimate of drug-likeness (QED) is 0.836. The Kier molecular flexibility index (Phi) is 4.79. The third-order valence-electron chi connectivity index (χ3n) is 5.14. The molecule has 0 unspecified atom stereocenters. The molecule has 0 bridgehead atoms. The predicted octanol–water partition coefficient (Wildman–Crippen LogP) is 3.72. The lowest BCUT2D eigenvalue weighted by Gasteiger charge is -2.26. The molecule has 2 saturated heterocycles. The van der Waals surface area contributed by atoms with Crippen LogP contribution in [0.1, 0.15) is 29.9 Å². The Hall–Kier alpha value is -2.17. The van der Waals surface area contributed by atoms with Crippen molar-refractivity contribution < 1.29 is 14.3 Å². The molecule has 4 nitrogen and oxygen atoms in total. The van der Waals surface area contributed by atoms with Gasteiger partial charge in [0.25, 0.3) is 0 Å². The van der Waals surface area contributed by atoms with Crippen molar-refractivity contribution >= 4 is 23.4 Å². The first-order valence-electron chi connectivity index (χ1n) is 8.91. The number of piperidine rings is 1. The summed E-state index contributed by atoms with van der Waals surface area (Å²) in [7, 11) is 0. The molecule has 4 rings (SSSR count). The molecule has 2 aromatic carbocycles. The highest BCUT2D eigenvalue weighted by atomic mass is 35.5. The molecule has 5 heteroatoms. The molecule has 2 aromatic rings. The minimum atomic E-state index is -0.377. The molecular weight excluding hydrogens is 350 g/mol. The van der Waals surface area contributed by atoms with Crippen LogP contribution in [0.25, 0.3) is 11.1 Å². The highest BCUT2D eigenvalue weighted by Crippen LogP contribution is 2.37. The number of ether oxygens (including phenoxy) is 1. The minimum absolute atomic E-state index is 0.217. The normalized spacial score (nSPS) is 20.6. The average Bonchev–Trinajstić information content (AvgIpc) is 2.60.